The molecule has 2 aromatic carbocycles. The van der Waals surface area contributed by atoms with Gasteiger partial charge in [0.2, 0.25) is 0 Å². The van der Waals surface area contributed by atoms with E-state index in [1.54, 1.807) is 7.11 Å². The van der Waals surface area contributed by atoms with Crippen molar-refractivity contribution < 1.29 is 4.74 Å². The Kier molecular flexibility index (Phi) is 5.85. The molecule has 0 saturated carbocycles. The molecule has 2 heterocycles. The molecule has 0 radical (unpaired) electrons. The monoisotopic (exact) mass is 371 g/mol. The number of benzene rings is 2. The maximum Gasteiger partial charge on any atom is 0.165 e. The summed E-state index contributed by atoms with van der Waals surface area (Å²) in [6.45, 7) is 3.41. The first kappa shape index (κ1) is 18.4. The van der Waals surface area contributed by atoms with E-state index in [0.717, 1.165) is 43.2 Å². The number of tetrazole rings is 1. The average molecular weight is 372 g/mol. The number of methoxy groups -OCH3 is 1. The number of aromatic nitrogens is 4. The lowest BCUT2D eigenvalue weighted by Crippen LogP contribution is -2.31. The second kappa shape index (κ2) is 8.29. The molecule has 0 unspecified atom stereocenters. The normalized spacial score (nSPS) is 13.7. The van der Waals surface area contributed by atoms with Crippen LogP contribution >= 0.6 is 12.4 Å². The zero-order chi connectivity index (χ0) is 17.1. The van der Waals surface area contributed by atoms with Crippen LogP contribution in [0.2, 0.25) is 0 Å². The van der Waals surface area contributed by atoms with Gasteiger partial charge in [0.05, 0.1) is 20.2 Å². The van der Waals surface area contributed by atoms with Gasteiger partial charge in [0.1, 0.15) is 5.75 Å². The fourth-order valence-electron chi connectivity index (χ4n) is 3.25. The highest BCUT2D eigenvalue weighted by Gasteiger charge is 2.18. The summed E-state index contributed by atoms with van der Waals surface area (Å²) in [6, 6.07) is 16.7. The molecule has 7 heteroatoms. The smallest absolute Gasteiger partial charge is 0.165 e. The van der Waals surface area contributed by atoms with Gasteiger partial charge in [-0.15, -0.1) is 17.5 Å². The van der Waals surface area contributed by atoms with Crippen molar-refractivity contribution in [1.29, 1.82) is 0 Å². The van der Waals surface area contributed by atoms with Gasteiger partial charge in [0.25, 0.3) is 0 Å². The first-order valence-corrected chi connectivity index (χ1v) is 8.49. The summed E-state index contributed by atoms with van der Waals surface area (Å²) in [6.07, 6.45) is 1.08. The van der Waals surface area contributed by atoms with E-state index in [1.165, 1.54) is 11.1 Å². The Bertz CT molecular complexity index is 849. The van der Waals surface area contributed by atoms with Crippen LogP contribution in [-0.2, 0) is 26.1 Å². The summed E-state index contributed by atoms with van der Waals surface area (Å²) in [4.78, 5) is 2.40. The first-order valence-electron chi connectivity index (χ1n) is 8.49. The largest absolute Gasteiger partial charge is 0.497 e. The summed E-state index contributed by atoms with van der Waals surface area (Å²) >= 11 is 0. The second-order valence-electron chi connectivity index (χ2n) is 6.33. The summed E-state index contributed by atoms with van der Waals surface area (Å²) in [5, 5.41) is 12.3. The van der Waals surface area contributed by atoms with Gasteiger partial charge in [0.15, 0.2) is 5.82 Å². The Hall–Kier alpha value is -2.44. The Balaban J connectivity index is 0.00000196. The third kappa shape index (κ3) is 4.03. The third-order valence-electron chi connectivity index (χ3n) is 4.67. The lowest BCUT2D eigenvalue weighted by molar-refractivity contribution is 0.235. The van der Waals surface area contributed by atoms with Crippen molar-refractivity contribution in [3.05, 3.63) is 71.0 Å². The predicted molar refractivity (Wildman–Crippen MR) is 101 cm³/mol. The topological polar surface area (TPSA) is 56.1 Å². The quantitative estimate of drug-likeness (QED) is 0.690. The molecule has 0 amide bonds. The van der Waals surface area contributed by atoms with E-state index in [4.69, 9.17) is 4.74 Å². The van der Waals surface area contributed by atoms with E-state index >= 15 is 0 Å². The second-order valence-corrected chi connectivity index (χ2v) is 6.33. The van der Waals surface area contributed by atoms with Crippen LogP contribution in [0.1, 0.15) is 22.5 Å². The minimum Gasteiger partial charge on any atom is -0.497 e. The predicted octanol–water partition coefficient (Wildman–Crippen LogP) is 2.71. The van der Waals surface area contributed by atoms with Gasteiger partial charge in [-0.05, 0) is 45.7 Å². The Morgan fingerprint density at radius 1 is 1.00 bits per heavy atom. The zero-order valence-corrected chi connectivity index (χ0v) is 15.5. The molecule has 0 spiro atoms. The van der Waals surface area contributed by atoms with Gasteiger partial charge < -0.3 is 4.74 Å². The minimum absolute atomic E-state index is 0. The molecule has 1 aliphatic heterocycles. The number of hydrogen-bond donors (Lipinski definition) is 0. The molecule has 136 valence electrons. The SMILES string of the molecule is COc1ccc(Cn2nnnc2CN2CCc3ccccc3C2)cc1.Cl. The molecule has 0 atom stereocenters. The van der Waals surface area contributed by atoms with E-state index in [-0.39, 0.29) is 12.4 Å². The van der Waals surface area contributed by atoms with Gasteiger partial charge in [-0.1, -0.05) is 36.4 Å². The summed E-state index contributed by atoms with van der Waals surface area (Å²) in [7, 11) is 1.67. The van der Waals surface area contributed by atoms with E-state index in [1.807, 2.05) is 28.9 Å². The number of fused-ring (bicyclic) bond motifs is 1. The lowest BCUT2D eigenvalue weighted by Gasteiger charge is -2.28. The molecule has 0 N–H and O–H groups in total. The van der Waals surface area contributed by atoms with E-state index < -0.39 is 0 Å². The molecule has 1 aliphatic rings. The molecule has 1 aromatic heterocycles. The van der Waals surface area contributed by atoms with E-state index in [0.29, 0.717) is 6.54 Å². The van der Waals surface area contributed by atoms with Crippen LogP contribution in [0.5, 0.6) is 5.75 Å². The summed E-state index contributed by atoms with van der Waals surface area (Å²) in [5.74, 6) is 1.75. The molecular weight excluding hydrogens is 350 g/mol. The highest BCUT2D eigenvalue weighted by Crippen LogP contribution is 2.20. The van der Waals surface area contributed by atoms with Crippen LogP contribution in [0.3, 0.4) is 0 Å². The lowest BCUT2D eigenvalue weighted by atomic mass is 10.00. The van der Waals surface area contributed by atoms with Crippen molar-refractivity contribution >= 4 is 12.4 Å². The number of rotatable bonds is 5. The average Bonchev–Trinajstić information content (AvgIpc) is 3.09. The molecule has 26 heavy (non-hydrogen) atoms. The fourth-order valence-corrected chi connectivity index (χ4v) is 3.25. The zero-order valence-electron chi connectivity index (χ0n) is 14.7. The van der Waals surface area contributed by atoms with Crippen molar-refractivity contribution in [1.82, 2.24) is 25.1 Å². The van der Waals surface area contributed by atoms with Gasteiger partial charge in [-0.3, -0.25) is 4.90 Å². The Labute approximate surface area is 159 Å². The number of halogens is 1. The van der Waals surface area contributed by atoms with Crippen LogP contribution in [0.15, 0.2) is 48.5 Å². The van der Waals surface area contributed by atoms with Crippen molar-refractivity contribution in [3.63, 3.8) is 0 Å². The molecular formula is C19H22ClN5O. The number of hydrogen-bond acceptors (Lipinski definition) is 5. The maximum absolute atomic E-state index is 5.20. The summed E-state index contributed by atoms with van der Waals surface area (Å²) < 4.78 is 7.08. The van der Waals surface area contributed by atoms with Gasteiger partial charge >= 0.3 is 0 Å². The Morgan fingerprint density at radius 2 is 1.77 bits per heavy atom. The van der Waals surface area contributed by atoms with Crippen LogP contribution in [0, 0.1) is 0 Å². The van der Waals surface area contributed by atoms with Crippen LogP contribution in [0.4, 0.5) is 0 Å². The molecule has 3 aromatic rings. The standard InChI is InChI=1S/C19H21N5O.ClH/c1-25-18-8-6-15(7-9-18)12-24-19(20-21-22-24)14-23-11-10-16-4-2-3-5-17(16)13-23;/h2-9H,10-14H2,1H3;1H. The van der Waals surface area contributed by atoms with Crippen molar-refractivity contribution in [2.45, 2.75) is 26.1 Å². The number of ether oxygens (including phenoxy) is 1. The highest BCUT2D eigenvalue weighted by molar-refractivity contribution is 5.85. The van der Waals surface area contributed by atoms with Gasteiger partial charge in [-0.25, -0.2) is 4.68 Å². The van der Waals surface area contributed by atoms with Crippen LogP contribution in [0.25, 0.3) is 0 Å². The molecule has 6 nitrogen and oxygen atoms in total. The molecule has 0 fully saturated rings. The van der Waals surface area contributed by atoms with E-state index in [2.05, 4.69) is 44.7 Å². The van der Waals surface area contributed by atoms with Crippen molar-refractivity contribution in [2.75, 3.05) is 13.7 Å². The summed E-state index contributed by atoms with van der Waals surface area (Å²) in [5.41, 5.74) is 4.01. The number of nitrogens with zero attached hydrogens (tertiary/aromatic N) is 5. The molecule has 0 bridgehead atoms. The molecule has 0 aliphatic carbocycles. The Morgan fingerprint density at radius 3 is 2.54 bits per heavy atom. The van der Waals surface area contributed by atoms with Crippen LogP contribution in [-0.4, -0.2) is 38.8 Å². The third-order valence-corrected chi connectivity index (χ3v) is 4.67. The van der Waals surface area contributed by atoms with Gasteiger partial charge in [0, 0.05) is 13.1 Å². The molecule has 0 saturated heterocycles. The van der Waals surface area contributed by atoms with E-state index in [9.17, 15) is 0 Å². The van der Waals surface area contributed by atoms with Gasteiger partial charge in [-0.2, -0.15) is 0 Å². The minimum atomic E-state index is 0. The fraction of sp³-hybridized carbons (Fsp3) is 0.316. The molecule has 4 rings (SSSR count). The van der Waals surface area contributed by atoms with Crippen molar-refractivity contribution in [2.24, 2.45) is 0 Å². The van der Waals surface area contributed by atoms with Crippen molar-refractivity contribution in [3.8, 4) is 5.75 Å². The first-order chi connectivity index (χ1) is 12.3. The maximum atomic E-state index is 5.20. The van der Waals surface area contributed by atoms with Crippen LogP contribution < -0.4 is 4.74 Å². The highest BCUT2D eigenvalue weighted by atomic mass is 35.5.